The van der Waals surface area contributed by atoms with Crippen molar-refractivity contribution in [3.63, 3.8) is 0 Å². The van der Waals surface area contributed by atoms with Gasteiger partial charge in [0.05, 0.1) is 0 Å². The summed E-state index contributed by atoms with van der Waals surface area (Å²) in [6.45, 7) is 2.15. The van der Waals surface area contributed by atoms with Crippen LogP contribution in [0.15, 0.2) is 133 Å². The van der Waals surface area contributed by atoms with Crippen LogP contribution in [0, 0.1) is 6.08 Å². The Morgan fingerprint density at radius 2 is 1.18 bits per heavy atom. The molecular formula is C33H28Zr. The van der Waals surface area contributed by atoms with Gasteiger partial charge in [-0.25, -0.2) is 11.6 Å². The summed E-state index contributed by atoms with van der Waals surface area (Å²) >= 11 is 1.46. The molecule has 34 heavy (non-hydrogen) atoms. The number of rotatable bonds is 3. The molecule has 0 saturated heterocycles. The van der Waals surface area contributed by atoms with Crippen LogP contribution in [-0.4, -0.2) is 3.21 Å². The normalized spacial score (nSPS) is 11.9. The van der Waals surface area contributed by atoms with Gasteiger partial charge < -0.3 is 0 Å². The Hall–Kier alpha value is -3.02. The van der Waals surface area contributed by atoms with Crippen LogP contribution in [0.3, 0.4) is 0 Å². The molecule has 0 aliphatic heterocycles. The number of allylic oxidation sites excluding steroid dienone is 4. The van der Waals surface area contributed by atoms with Crippen LogP contribution in [0.1, 0.15) is 30.9 Å². The number of hydrogen-bond donors (Lipinski definition) is 0. The molecule has 6 rings (SSSR count). The van der Waals surface area contributed by atoms with E-state index < -0.39 is 0 Å². The maximum absolute atomic E-state index is 3.21. The number of fused-ring (bicyclic) bond motifs is 3. The first kappa shape index (κ1) is 24.1. The molecule has 0 aromatic heterocycles. The topological polar surface area (TPSA) is 0 Å². The Balaban J connectivity index is 0.000000128. The molecule has 5 aromatic rings. The van der Waals surface area contributed by atoms with E-state index in [0.717, 1.165) is 12.8 Å². The largest absolute Gasteiger partial charge is 0.126 e. The minimum absolute atomic E-state index is 1.03. The summed E-state index contributed by atoms with van der Waals surface area (Å²) in [6.07, 6.45) is 9.65. The van der Waals surface area contributed by atoms with E-state index in [4.69, 9.17) is 0 Å². The molecular weight excluding hydrogens is 488 g/mol. The van der Waals surface area contributed by atoms with E-state index in [1.807, 2.05) is 0 Å². The van der Waals surface area contributed by atoms with Gasteiger partial charge in [-0.15, -0.1) is 46.2 Å². The fraction of sp³-hybridized carbons (Fsp3) is 0.0909. The van der Waals surface area contributed by atoms with Crippen molar-refractivity contribution in [3.8, 4) is 0 Å². The zero-order valence-corrected chi connectivity index (χ0v) is 22.0. The molecule has 0 N–H and O–H groups in total. The fourth-order valence-corrected chi connectivity index (χ4v) is 4.79. The van der Waals surface area contributed by atoms with E-state index in [-0.39, 0.29) is 0 Å². The van der Waals surface area contributed by atoms with Gasteiger partial charge in [0.1, 0.15) is 0 Å². The van der Waals surface area contributed by atoms with Crippen molar-refractivity contribution in [2.45, 2.75) is 19.8 Å². The molecule has 5 aromatic carbocycles. The summed E-state index contributed by atoms with van der Waals surface area (Å²) in [5.74, 6) is 0. The average Bonchev–Trinajstić information content (AvgIpc) is 3.58. The molecule has 0 radical (unpaired) electrons. The van der Waals surface area contributed by atoms with E-state index in [1.54, 1.807) is 0 Å². The molecule has 0 nitrogen and oxygen atoms in total. The van der Waals surface area contributed by atoms with Gasteiger partial charge in [-0.3, -0.25) is 6.08 Å². The van der Waals surface area contributed by atoms with Crippen molar-refractivity contribution in [3.05, 3.63) is 150 Å². The van der Waals surface area contributed by atoms with Gasteiger partial charge in [-0.1, -0.05) is 49.7 Å². The molecule has 1 aliphatic carbocycles. The SMILES string of the molecule is CCC1=[C-]CC=C1.[Zr+2]=[C](c1ccccc1)c1ccccc1.c1ccc2c(c1)[cH-]c1ccccc12. The molecule has 0 amide bonds. The first-order chi connectivity index (χ1) is 16.8. The van der Waals surface area contributed by atoms with Crippen LogP contribution >= 0.6 is 0 Å². The van der Waals surface area contributed by atoms with Crippen molar-refractivity contribution in [1.82, 2.24) is 0 Å². The molecule has 0 spiro atoms. The van der Waals surface area contributed by atoms with Crippen LogP contribution in [0.4, 0.5) is 0 Å². The van der Waals surface area contributed by atoms with Gasteiger partial charge in [0.15, 0.2) is 0 Å². The predicted octanol–water partition coefficient (Wildman–Crippen LogP) is 8.60. The van der Waals surface area contributed by atoms with Crippen molar-refractivity contribution < 1.29 is 24.2 Å². The van der Waals surface area contributed by atoms with Gasteiger partial charge >= 0.3 is 99.2 Å². The van der Waals surface area contributed by atoms with E-state index >= 15 is 0 Å². The van der Waals surface area contributed by atoms with Crippen LogP contribution in [0.25, 0.3) is 21.5 Å². The summed E-state index contributed by atoms with van der Waals surface area (Å²) in [5, 5.41) is 5.39. The van der Waals surface area contributed by atoms with Crippen molar-refractivity contribution in [2.24, 2.45) is 0 Å². The number of benzene rings is 4. The minimum Gasteiger partial charge on any atom is -0.126 e. The zero-order valence-electron chi connectivity index (χ0n) is 19.5. The smallest absolute Gasteiger partial charge is 0.0771 e. The Bertz CT molecular complexity index is 1310. The maximum atomic E-state index is 3.21. The first-order valence-corrected chi connectivity index (χ1v) is 13.0. The van der Waals surface area contributed by atoms with Crippen molar-refractivity contribution >= 4 is 24.8 Å². The van der Waals surface area contributed by atoms with Gasteiger partial charge in [0.2, 0.25) is 0 Å². The summed E-state index contributed by atoms with van der Waals surface area (Å²) in [5.41, 5.74) is 4.02. The fourth-order valence-electron chi connectivity index (χ4n) is 3.97. The zero-order chi connectivity index (χ0) is 23.6. The molecule has 0 heterocycles. The molecule has 0 bridgehead atoms. The summed E-state index contributed by atoms with van der Waals surface area (Å²) in [6, 6.07) is 40.4. The molecule has 0 fully saturated rings. The second-order valence-corrected chi connectivity index (χ2v) is 9.32. The van der Waals surface area contributed by atoms with Crippen molar-refractivity contribution in [2.75, 3.05) is 0 Å². The monoisotopic (exact) mass is 514 g/mol. The van der Waals surface area contributed by atoms with E-state index in [9.17, 15) is 0 Å². The van der Waals surface area contributed by atoms with Gasteiger partial charge in [0.25, 0.3) is 0 Å². The molecule has 0 unspecified atom stereocenters. The van der Waals surface area contributed by atoms with Gasteiger partial charge in [-0.2, -0.15) is 6.08 Å². The molecule has 0 atom stereocenters. The van der Waals surface area contributed by atoms with Crippen LogP contribution < -0.4 is 0 Å². The van der Waals surface area contributed by atoms with Crippen LogP contribution in [0.2, 0.25) is 0 Å². The molecule has 0 saturated carbocycles. The summed E-state index contributed by atoms with van der Waals surface area (Å²) < 4.78 is 1.42. The van der Waals surface area contributed by atoms with E-state index in [2.05, 4.69) is 140 Å². The standard InChI is InChI=1S/C13H9.C13H10.C7H9.Zr/c1-3-7-12-10(5-1)9-11-6-2-4-8-13(11)12;1-3-7-12(8-4-1)11-13-9-5-2-6-10-13;1-2-7-5-3-4-6-7;/h1-9H;1-10H;3,5H,2,4H2,1H3;/q-1;;-1;+2. The van der Waals surface area contributed by atoms with Gasteiger partial charge in [-0.05, 0) is 0 Å². The van der Waals surface area contributed by atoms with E-state index in [0.29, 0.717) is 0 Å². The predicted molar refractivity (Wildman–Crippen MR) is 144 cm³/mol. The molecule has 1 aliphatic rings. The average molecular weight is 516 g/mol. The third-order valence-electron chi connectivity index (χ3n) is 5.79. The Morgan fingerprint density at radius 1 is 0.706 bits per heavy atom. The van der Waals surface area contributed by atoms with Gasteiger partial charge in [0, 0.05) is 0 Å². The Morgan fingerprint density at radius 3 is 1.59 bits per heavy atom. The maximum Gasteiger partial charge on any atom is -0.0771 e. The van der Waals surface area contributed by atoms with Crippen molar-refractivity contribution in [1.29, 1.82) is 0 Å². The second kappa shape index (κ2) is 12.4. The van der Waals surface area contributed by atoms with Crippen LogP contribution in [0.5, 0.6) is 0 Å². The minimum atomic E-state index is 1.03. The summed E-state index contributed by atoms with van der Waals surface area (Å²) in [7, 11) is 0. The third kappa shape index (κ3) is 6.31. The molecule has 1 heteroatoms. The summed E-state index contributed by atoms with van der Waals surface area (Å²) in [4.78, 5) is 0. The quantitative estimate of drug-likeness (QED) is 0.211. The Kier molecular flexibility index (Phi) is 8.83. The third-order valence-corrected chi connectivity index (χ3v) is 7.21. The Labute approximate surface area is 218 Å². The first-order valence-electron chi connectivity index (χ1n) is 11.7. The van der Waals surface area contributed by atoms with Crippen LogP contribution in [-0.2, 0) is 24.2 Å². The molecule has 164 valence electrons. The number of hydrogen-bond acceptors (Lipinski definition) is 0. The second-order valence-electron chi connectivity index (χ2n) is 8.09. The van der Waals surface area contributed by atoms with E-state index in [1.165, 1.54) is 65.7 Å².